The topological polar surface area (TPSA) is 83.1 Å². The molecule has 1 aliphatic rings. The van der Waals surface area contributed by atoms with Gasteiger partial charge in [0.05, 0.1) is 17.2 Å². The van der Waals surface area contributed by atoms with Crippen LogP contribution in [-0.4, -0.2) is 26.8 Å². The number of para-hydroxylation sites is 1. The minimum atomic E-state index is -0.702. The van der Waals surface area contributed by atoms with Crippen molar-refractivity contribution in [3.63, 3.8) is 0 Å². The second kappa shape index (κ2) is 6.44. The van der Waals surface area contributed by atoms with Gasteiger partial charge >= 0.3 is 5.97 Å². The van der Waals surface area contributed by atoms with E-state index in [4.69, 9.17) is 5.11 Å². The number of carbonyl (C=O) groups is 2. The molecule has 6 heteroatoms. The molecule has 0 saturated heterocycles. The number of aromatic nitrogens is 2. The number of fused-ring (bicyclic) bond motifs is 1. The zero-order chi connectivity index (χ0) is 17.4. The van der Waals surface area contributed by atoms with Crippen molar-refractivity contribution in [2.75, 3.05) is 0 Å². The fourth-order valence-corrected chi connectivity index (χ4v) is 4.44. The molecule has 0 aliphatic heterocycles. The number of rotatable bonds is 4. The van der Waals surface area contributed by atoms with E-state index in [1.165, 1.54) is 11.3 Å². The summed E-state index contributed by atoms with van der Waals surface area (Å²) in [6, 6.07) is 7.73. The van der Waals surface area contributed by atoms with Crippen molar-refractivity contribution >= 4 is 34.0 Å². The predicted octanol–water partition coefficient (Wildman–Crippen LogP) is 4.21. The lowest BCUT2D eigenvalue weighted by Gasteiger charge is -2.24. The number of nitrogens with zero attached hydrogens (tertiary/aromatic N) is 1. The molecule has 0 unspecified atom stereocenters. The van der Waals surface area contributed by atoms with Crippen molar-refractivity contribution in [3.05, 3.63) is 52.1 Å². The number of hydrogen-bond donors (Lipinski definition) is 2. The molecule has 2 aromatic heterocycles. The third kappa shape index (κ3) is 2.98. The van der Waals surface area contributed by atoms with Gasteiger partial charge in [0.25, 0.3) is 0 Å². The van der Waals surface area contributed by atoms with Crippen LogP contribution in [0.5, 0.6) is 0 Å². The van der Waals surface area contributed by atoms with E-state index in [9.17, 15) is 9.59 Å². The van der Waals surface area contributed by atoms with Crippen molar-refractivity contribution < 1.29 is 14.7 Å². The predicted molar refractivity (Wildman–Crippen MR) is 96.2 cm³/mol. The standard InChI is InChI=1S/C19H18N2O3S/c22-17(14-9-20-15-4-2-1-3-13(14)15)18-21-16(10-25-18)11-5-7-12(8-6-11)19(23)24/h1-4,9-12,20H,5-8H2,(H,23,24)/t11-,12+. The lowest BCUT2D eigenvalue weighted by atomic mass is 9.81. The second-order valence-electron chi connectivity index (χ2n) is 6.54. The summed E-state index contributed by atoms with van der Waals surface area (Å²) in [5.74, 6) is -0.738. The van der Waals surface area contributed by atoms with Crippen LogP contribution in [0, 0.1) is 5.92 Å². The molecule has 1 fully saturated rings. The smallest absolute Gasteiger partial charge is 0.306 e. The van der Waals surface area contributed by atoms with Gasteiger partial charge in [0.2, 0.25) is 5.78 Å². The van der Waals surface area contributed by atoms with E-state index in [2.05, 4.69) is 9.97 Å². The first kappa shape index (κ1) is 16.0. The molecular formula is C19H18N2O3S. The molecular weight excluding hydrogens is 336 g/mol. The maximum Gasteiger partial charge on any atom is 0.306 e. The summed E-state index contributed by atoms with van der Waals surface area (Å²) in [4.78, 5) is 31.6. The number of carbonyl (C=O) groups excluding carboxylic acids is 1. The zero-order valence-corrected chi connectivity index (χ0v) is 14.4. The van der Waals surface area contributed by atoms with Crippen LogP contribution in [0.25, 0.3) is 10.9 Å². The quantitative estimate of drug-likeness (QED) is 0.687. The molecule has 0 amide bonds. The van der Waals surface area contributed by atoms with E-state index in [1.807, 2.05) is 29.6 Å². The van der Waals surface area contributed by atoms with Crippen molar-refractivity contribution in [3.8, 4) is 0 Å². The van der Waals surface area contributed by atoms with Crippen molar-refractivity contribution in [2.24, 2.45) is 5.92 Å². The Bertz CT molecular complexity index is 935. The molecule has 2 N–H and O–H groups in total. The third-order valence-electron chi connectivity index (χ3n) is 5.04. The van der Waals surface area contributed by atoms with Crippen LogP contribution in [0.1, 0.15) is 52.7 Å². The van der Waals surface area contributed by atoms with Gasteiger partial charge in [-0.05, 0) is 31.7 Å². The zero-order valence-electron chi connectivity index (χ0n) is 13.6. The van der Waals surface area contributed by atoms with Gasteiger partial charge in [0, 0.05) is 28.4 Å². The van der Waals surface area contributed by atoms with Crippen LogP contribution in [0.4, 0.5) is 0 Å². The molecule has 3 aromatic rings. The number of ketones is 1. The molecule has 0 bridgehead atoms. The fraction of sp³-hybridized carbons (Fsp3) is 0.316. The Morgan fingerprint density at radius 1 is 1.16 bits per heavy atom. The van der Waals surface area contributed by atoms with E-state index < -0.39 is 5.97 Å². The summed E-state index contributed by atoms with van der Waals surface area (Å²) >= 11 is 1.37. The maximum atomic E-state index is 12.8. The fourth-order valence-electron chi connectivity index (χ4n) is 3.59. The van der Waals surface area contributed by atoms with Gasteiger partial charge in [-0.1, -0.05) is 18.2 Å². The molecule has 0 spiro atoms. The first-order valence-corrected chi connectivity index (χ1v) is 9.30. The number of carboxylic acid groups (broad SMARTS) is 1. The molecule has 1 saturated carbocycles. The summed E-state index contributed by atoms with van der Waals surface area (Å²) in [5, 5.41) is 12.5. The van der Waals surface area contributed by atoms with Crippen LogP contribution >= 0.6 is 11.3 Å². The van der Waals surface area contributed by atoms with Crippen LogP contribution in [-0.2, 0) is 4.79 Å². The Balaban J connectivity index is 1.53. The van der Waals surface area contributed by atoms with E-state index in [-0.39, 0.29) is 17.6 Å². The number of benzene rings is 1. The van der Waals surface area contributed by atoms with Crippen LogP contribution in [0.3, 0.4) is 0 Å². The molecule has 25 heavy (non-hydrogen) atoms. The minimum Gasteiger partial charge on any atom is -0.481 e. The van der Waals surface area contributed by atoms with Gasteiger partial charge in [-0.2, -0.15) is 0 Å². The van der Waals surface area contributed by atoms with Gasteiger partial charge in [-0.15, -0.1) is 11.3 Å². The normalized spacial score (nSPS) is 20.6. The number of carboxylic acids is 1. The Morgan fingerprint density at radius 2 is 1.92 bits per heavy atom. The summed E-state index contributed by atoms with van der Waals surface area (Å²) in [5.41, 5.74) is 2.51. The lowest BCUT2D eigenvalue weighted by Crippen LogP contribution is -2.20. The third-order valence-corrected chi connectivity index (χ3v) is 5.90. The number of aliphatic carboxylic acids is 1. The Kier molecular flexibility index (Phi) is 4.13. The molecule has 0 atom stereocenters. The number of aromatic amines is 1. The summed E-state index contributed by atoms with van der Waals surface area (Å²) in [6.07, 6.45) is 4.75. The highest BCUT2D eigenvalue weighted by atomic mass is 32.1. The van der Waals surface area contributed by atoms with Crippen molar-refractivity contribution in [1.82, 2.24) is 9.97 Å². The Labute approximate surface area is 148 Å². The molecule has 128 valence electrons. The molecule has 0 radical (unpaired) electrons. The molecule has 4 rings (SSSR count). The number of H-pyrrole nitrogens is 1. The summed E-state index contributed by atoms with van der Waals surface area (Å²) < 4.78 is 0. The minimum absolute atomic E-state index is 0.0621. The van der Waals surface area contributed by atoms with Crippen LogP contribution in [0.15, 0.2) is 35.8 Å². The molecule has 1 aromatic carbocycles. The van der Waals surface area contributed by atoms with Crippen LogP contribution < -0.4 is 0 Å². The van der Waals surface area contributed by atoms with E-state index in [1.54, 1.807) is 6.20 Å². The van der Waals surface area contributed by atoms with Gasteiger partial charge in [-0.3, -0.25) is 9.59 Å². The monoisotopic (exact) mass is 354 g/mol. The van der Waals surface area contributed by atoms with E-state index in [0.29, 0.717) is 23.4 Å². The Morgan fingerprint density at radius 3 is 2.68 bits per heavy atom. The van der Waals surface area contributed by atoms with E-state index >= 15 is 0 Å². The largest absolute Gasteiger partial charge is 0.481 e. The first-order chi connectivity index (χ1) is 12.1. The molecule has 1 aliphatic carbocycles. The Hall–Kier alpha value is -2.47. The van der Waals surface area contributed by atoms with E-state index in [0.717, 1.165) is 29.4 Å². The number of thiazole rings is 1. The summed E-state index contributed by atoms with van der Waals surface area (Å²) in [7, 11) is 0. The molecule has 5 nitrogen and oxygen atoms in total. The highest BCUT2D eigenvalue weighted by molar-refractivity contribution is 7.12. The van der Waals surface area contributed by atoms with Gasteiger partial charge in [0.1, 0.15) is 0 Å². The van der Waals surface area contributed by atoms with Crippen LogP contribution in [0.2, 0.25) is 0 Å². The van der Waals surface area contributed by atoms with Gasteiger partial charge in [0.15, 0.2) is 5.01 Å². The number of nitrogens with one attached hydrogen (secondary N) is 1. The second-order valence-corrected chi connectivity index (χ2v) is 7.40. The average Bonchev–Trinajstić information content (AvgIpc) is 3.29. The number of hydrogen-bond acceptors (Lipinski definition) is 4. The first-order valence-electron chi connectivity index (χ1n) is 8.42. The molecule has 2 heterocycles. The highest BCUT2D eigenvalue weighted by Gasteiger charge is 2.28. The van der Waals surface area contributed by atoms with Crippen molar-refractivity contribution in [2.45, 2.75) is 31.6 Å². The maximum absolute atomic E-state index is 12.8. The summed E-state index contributed by atoms with van der Waals surface area (Å²) in [6.45, 7) is 0. The van der Waals surface area contributed by atoms with Gasteiger partial charge < -0.3 is 10.1 Å². The SMILES string of the molecule is O=C(c1nc([C@H]2CC[C@@H](C(=O)O)CC2)cs1)c1c[nH]c2ccccc12. The lowest BCUT2D eigenvalue weighted by molar-refractivity contribution is -0.142. The van der Waals surface area contributed by atoms with Gasteiger partial charge in [-0.25, -0.2) is 4.98 Å². The highest BCUT2D eigenvalue weighted by Crippen LogP contribution is 2.36. The van der Waals surface area contributed by atoms with Crippen molar-refractivity contribution in [1.29, 1.82) is 0 Å². The average molecular weight is 354 g/mol.